The molecule has 0 bridgehead atoms. The van der Waals surface area contributed by atoms with Crippen molar-refractivity contribution < 1.29 is 13.2 Å². The lowest BCUT2D eigenvalue weighted by Gasteiger charge is -2.30. The molecule has 2 rings (SSSR count). The number of ether oxygens (including phenoxy) is 1. The molecular formula is C13H20N2O3S. The molecule has 0 amide bonds. The Morgan fingerprint density at radius 2 is 2.16 bits per heavy atom. The van der Waals surface area contributed by atoms with Crippen LogP contribution in [-0.4, -0.2) is 32.4 Å². The van der Waals surface area contributed by atoms with Crippen LogP contribution in [0.4, 0.5) is 0 Å². The van der Waals surface area contributed by atoms with Crippen molar-refractivity contribution >= 4 is 10.2 Å². The highest BCUT2D eigenvalue weighted by Gasteiger charge is 2.26. The minimum absolute atomic E-state index is 0.201. The molecule has 0 spiro atoms. The van der Waals surface area contributed by atoms with Crippen LogP contribution in [-0.2, 0) is 10.2 Å². The number of benzene rings is 1. The molecule has 1 aromatic carbocycles. The normalized spacial score (nSPS) is 21.3. The molecule has 1 aromatic rings. The van der Waals surface area contributed by atoms with Crippen LogP contribution in [0.3, 0.4) is 0 Å². The molecular weight excluding hydrogens is 264 g/mol. The zero-order chi connectivity index (χ0) is 13.9. The molecule has 0 saturated carbocycles. The summed E-state index contributed by atoms with van der Waals surface area (Å²) < 4.78 is 29.8. The summed E-state index contributed by atoms with van der Waals surface area (Å²) in [7, 11) is -3.57. The summed E-state index contributed by atoms with van der Waals surface area (Å²) in [6, 6.07) is 7.81. The van der Waals surface area contributed by atoms with Crippen molar-refractivity contribution in [3.8, 4) is 5.75 Å². The van der Waals surface area contributed by atoms with Gasteiger partial charge in [-0.1, -0.05) is 18.2 Å². The van der Waals surface area contributed by atoms with E-state index in [2.05, 4.69) is 0 Å². The van der Waals surface area contributed by atoms with Crippen LogP contribution in [0.15, 0.2) is 24.3 Å². The van der Waals surface area contributed by atoms with Gasteiger partial charge < -0.3 is 4.74 Å². The molecule has 0 aromatic heterocycles. The quantitative estimate of drug-likeness (QED) is 0.905. The maximum absolute atomic E-state index is 11.3. The number of hydrogen-bond donors (Lipinski definition) is 1. The van der Waals surface area contributed by atoms with Gasteiger partial charge in [-0.25, -0.2) is 5.14 Å². The van der Waals surface area contributed by atoms with Crippen LogP contribution < -0.4 is 9.88 Å². The second-order valence-corrected chi connectivity index (χ2v) is 6.53. The highest BCUT2D eigenvalue weighted by atomic mass is 32.2. The Morgan fingerprint density at radius 3 is 2.84 bits per heavy atom. The Labute approximate surface area is 114 Å². The van der Waals surface area contributed by atoms with Gasteiger partial charge in [0.15, 0.2) is 0 Å². The summed E-state index contributed by atoms with van der Waals surface area (Å²) in [5.41, 5.74) is 1.08. The summed E-state index contributed by atoms with van der Waals surface area (Å²) in [6.45, 7) is 3.48. The SMILES string of the molecule is Cc1ccccc1OC[C@@H]1CCCN(S(N)(=O)=O)C1. The van der Waals surface area contributed by atoms with Crippen LogP contribution in [0, 0.1) is 12.8 Å². The standard InChI is InChI=1S/C13H20N2O3S/c1-11-5-2-3-7-13(11)18-10-12-6-4-8-15(9-12)19(14,16)17/h2-3,5,7,12H,4,6,8-10H2,1H3,(H2,14,16,17)/t12-/m1/s1. The Kier molecular flexibility index (Phi) is 4.44. The van der Waals surface area contributed by atoms with Gasteiger partial charge >= 0.3 is 0 Å². The molecule has 1 aliphatic heterocycles. The fourth-order valence-corrected chi connectivity index (χ4v) is 3.12. The van der Waals surface area contributed by atoms with E-state index in [-0.39, 0.29) is 5.92 Å². The van der Waals surface area contributed by atoms with E-state index in [1.54, 1.807) is 0 Å². The number of nitrogens with two attached hydrogens (primary N) is 1. The first-order chi connectivity index (χ1) is 8.97. The molecule has 5 nitrogen and oxygen atoms in total. The van der Waals surface area contributed by atoms with Gasteiger partial charge in [-0.2, -0.15) is 12.7 Å². The molecule has 1 saturated heterocycles. The number of hydrogen-bond acceptors (Lipinski definition) is 3. The van der Waals surface area contributed by atoms with Crippen molar-refractivity contribution in [3.05, 3.63) is 29.8 Å². The highest BCUT2D eigenvalue weighted by Crippen LogP contribution is 2.21. The molecule has 19 heavy (non-hydrogen) atoms. The van der Waals surface area contributed by atoms with Crippen LogP contribution in [0.5, 0.6) is 5.75 Å². The van der Waals surface area contributed by atoms with Crippen molar-refractivity contribution in [1.29, 1.82) is 0 Å². The van der Waals surface area contributed by atoms with Crippen LogP contribution in [0.1, 0.15) is 18.4 Å². The lowest BCUT2D eigenvalue weighted by Crippen LogP contribution is -2.44. The minimum Gasteiger partial charge on any atom is -0.493 e. The smallest absolute Gasteiger partial charge is 0.276 e. The van der Waals surface area contributed by atoms with Crippen molar-refractivity contribution in [1.82, 2.24) is 4.31 Å². The van der Waals surface area contributed by atoms with Gasteiger partial charge in [0.05, 0.1) is 6.61 Å². The molecule has 2 N–H and O–H groups in total. The van der Waals surface area contributed by atoms with E-state index in [4.69, 9.17) is 9.88 Å². The third kappa shape index (κ3) is 3.92. The van der Waals surface area contributed by atoms with E-state index in [1.807, 2.05) is 31.2 Å². The Bertz CT molecular complexity index is 530. The first-order valence-electron chi connectivity index (χ1n) is 6.43. The molecule has 1 fully saturated rings. The second-order valence-electron chi connectivity index (χ2n) is 4.99. The second kappa shape index (κ2) is 5.90. The number of rotatable bonds is 4. The maximum Gasteiger partial charge on any atom is 0.276 e. The van der Waals surface area contributed by atoms with Gasteiger partial charge in [-0.05, 0) is 31.4 Å². The lowest BCUT2D eigenvalue weighted by molar-refractivity contribution is 0.179. The summed E-state index contributed by atoms with van der Waals surface area (Å²) >= 11 is 0. The molecule has 0 unspecified atom stereocenters. The van der Waals surface area contributed by atoms with Gasteiger partial charge in [-0.3, -0.25) is 0 Å². The van der Waals surface area contributed by atoms with Crippen LogP contribution in [0.2, 0.25) is 0 Å². The van der Waals surface area contributed by atoms with E-state index >= 15 is 0 Å². The first-order valence-corrected chi connectivity index (χ1v) is 7.93. The van der Waals surface area contributed by atoms with Crippen molar-refractivity contribution in [2.24, 2.45) is 11.1 Å². The molecule has 0 aliphatic carbocycles. The van der Waals surface area contributed by atoms with E-state index in [0.717, 1.165) is 24.2 Å². The first kappa shape index (κ1) is 14.3. The van der Waals surface area contributed by atoms with Gasteiger partial charge in [0.25, 0.3) is 10.2 Å². The topological polar surface area (TPSA) is 72.6 Å². The van der Waals surface area contributed by atoms with Crippen molar-refractivity contribution in [3.63, 3.8) is 0 Å². The predicted octanol–water partition coefficient (Wildman–Crippen LogP) is 1.29. The molecule has 1 atom stereocenters. The number of nitrogens with zero attached hydrogens (tertiary/aromatic N) is 1. The van der Waals surface area contributed by atoms with Gasteiger partial charge in [-0.15, -0.1) is 0 Å². The predicted molar refractivity (Wildman–Crippen MR) is 74.1 cm³/mol. The third-order valence-corrected chi connectivity index (χ3v) is 4.46. The Hall–Kier alpha value is -1.11. The molecule has 1 aliphatic rings. The lowest BCUT2D eigenvalue weighted by atomic mass is 10.0. The number of aryl methyl sites for hydroxylation is 1. The zero-order valence-electron chi connectivity index (χ0n) is 11.1. The molecule has 1 heterocycles. The minimum atomic E-state index is -3.57. The summed E-state index contributed by atoms with van der Waals surface area (Å²) in [5, 5.41) is 5.16. The van der Waals surface area contributed by atoms with E-state index < -0.39 is 10.2 Å². The number of piperidine rings is 1. The third-order valence-electron chi connectivity index (χ3n) is 3.41. The van der Waals surface area contributed by atoms with Crippen molar-refractivity contribution in [2.45, 2.75) is 19.8 Å². The van der Waals surface area contributed by atoms with Crippen molar-refractivity contribution in [2.75, 3.05) is 19.7 Å². The van der Waals surface area contributed by atoms with Crippen LogP contribution >= 0.6 is 0 Å². The largest absolute Gasteiger partial charge is 0.493 e. The maximum atomic E-state index is 11.3. The Balaban J connectivity index is 1.92. The summed E-state index contributed by atoms with van der Waals surface area (Å²) in [5.74, 6) is 1.06. The van der Waals surface area contributed by atoms with Gasteiger partial charge in [0.1, 0.15) is 5.75 Å². The van der Waals surface area contributed by atoms with Gasteiger partial charge in [0.2, 0.25) is 0 Å². The highest BCUT2D eigenvalue weighted by molar-refractivity contribution is 7.86. The summed E-state index contributed by atoms with van der Waals surface area (Å²) in [6.07, 6.45) is 1.80. The molecule has 106 valence electrons. The fourth-order valence-electron chi connectivity index (χ4n) is 2.32. The summed E-state index contributed by atoms with van der Waals surface area (Å²) in [4.78, 5) is 0. The molecule has 6 heteroatoms. The van der Waals surface area contributed by atoms with E-state index in [1.165, 1.54) is 4.31 Å². The zero-order valence-corrected chi connectivity index (χ0v) is 11.9. The average molecular weight is 284 g/mol. The number of para-hydroxylation sites is 1. The van der Waals surface area contributed by atoms with E-state index in [0.29, 0.717) is 19.7 Å². The van der Waals surface area contributed by atoms with E-state index in [9.17, 15) is 8.42 Å². The van der Waals surface area contributed by atoms with Gasteiger partial charge in [0, 0.05) is 19.0 Å². The average Bonchev–Trinajstić information content (AvgIpc) is 2.37. The fraction of sp³-hybridized carbons (Fsp3) is 0.538. The molecule has 0 radical (unpaired) electrons. The Morgan fingerprint density at radius 1 is 1.42 bits per heavy atom. The monoisotopic (exact) mass is 284 g/mol. The van der Waals surface area contributed by atoms with Crippen LogP contribution in [0.25, 0.3) is 0 Å².